The summed E-state index contributed by atoms with van der Waals surface area (Å²) in [6.07, 6.45) is 0. The van der Waals surface area contributed by atoms with Gasteiger partial charge in [0.15, 0.2) is 0 Å². The minimum Gasteiger partial charge on any atom is -0.495 e. The molecule has 0 radical (unpaired) electrons. The molecule has 0 bridgehead atoms. The van der Waals surface area contributed by atoms with Crippen LogP contribution in [-0.2, 0) is 19.6 Å². The van der Waals surface area contributed by atoms with E-state index in [0.717, 1.165) is 4.31 Å². The highest BCUT2D eigenvalue weighted by atomic mass is 35.5. The Labute approximate surface area is 145 Å². The van der Waals surface area contributed by atoms with Gasteiger partial charge >= 0.3 is 5.97 Å². The van der Waals surface area contributed by atoms with Crippen LogP contribution >= 0.6 is 11.6 Å². The van der Waals surface area contributed by atoms with Crippen molar-refractivity contribution < 1.29 is 22.7 Å². The third-order valence-corrected chi connectivity index (χ3v) is 5.28. The van der Waals surface area contributed by atoms with Crippen LogP contribution in [0.1, 0.15) is 0 Å². The quantitative estimate of drug-likeness (QED) is 0.732. The van der Waals surface area contributed by atoms with Crippen molar-refractivity contribution in [1.29, 1.82) is 0 Å². The Morgan fingerprint density at radius 2 is 1.71 bits per heavy atom. The van der Waals surface area contributed by atoms with E-state index in [1.165, 1.54) is 38.5 Å². The van der Waals surface area contributed by atoms with Crippen molar-refractivity contribution in [1.82, 2.24) is 0 Å². The van der Waals surface area contributed by atoms with Gasteiger partial charge in [0.25, 0.3) is 10.0 Å². The van der Waals surface area contributed by atoms with Crippen LogP contribution in [0.4, 0.5) is 5.69 Å². The zero-order chi connectivity index (χ0) is 17.7. The van der Waals surface area contributed by atoms with Crippen LogP contribution in [0.25, 0.3) is 0 Å². The second kappa shape index (κ2) is 7.55. The van der Waals surface area contributed by atoms with E-state index in [4.69, 9.17) is 16.3 Å². The summed E-state index contributed by atoms with van der Waals surface area (Å²) in [6, 6.07) is 12.2. The summed E-state index contributed by atoms with van der Waals surface area (Å²) in [5.74, 6) is -0.377. The topological polar surface area (TPSA) is 72.9 Å². The van der Waals surface area contributed by atoms with E-state index in [-0.39, 0.29) is 10.6 Å². The maximum absolute atomic E-state index is 13.0. The predicted octanol–water partition coefficient (Wildman–Crippen LogP) is 2.72. The molecule has 0 amide bonds. The van der Waals surface area contributed by atoms with Crippen molar-refractivity contribution in [2.75, 3.05) is 25.1 Å². The van der Waals surface area contributed by atoms with Crippen molar-refractivity contribution in [3.05, 3.63) is 53.6 Å². The highest BCUT2D eigenvalue weighted by Gasteiger charge is 2.29. The molecule has 0 fully saturated rings. The van der Waals surface area contributed by atoms with Gasteiger partial charge in [-0.2, -0.15) is 0 Å². The molecule has 0 aromatic heterocycles. The Hall–Kier alpha value is -2.25. The van der Waals surface area contributed by atoms with Gasteiger partial charge in [0.1, 0.15) is 12.3 Å². The number of benzene rings is 2. The maximum Gasteiger partial charge on any atom is 0.326 e. The summed E-state index contributed by atoms with van der Waals surface area (Å²) < 4.78 is 36.7. The van der Waals surface area contributed by atoms with Crippen LogP contribution in [0.15, 0.2) is 53.4 Å². The first-order valence-electron chi connectivity index (χ1n) is 6.88. The highest BCUT2D eigenvalue weighted by molar-refractivity contribution is 7.92. The molecule has 0 unspecified atom stereocenters. The number of sulfonamides is 1. The lowest BCUT2D eigenvalue weighted by molar-refractivity contribution is -0.138. The van der Waals surface area contributed by atoms with Crippen LogP contribution in [-0.4, -0.2) is 35.2 Å². The lowest BCUT2D eigenvalue weighted by Crippen LogP contribution is -2.36. The monoisotopic (exact) mass is 369 g/mol. The van der Waals surface area contributed by atoms with Crippen LogP contribution in [0.5, 0.6) is 5.75 Å². The predicted molar refractivity (Wildman–Crippen MR) is 91.0 cm³/mol. The molecule has 8 heteroatoms. The second-order valence-corrected chi connectivity index (χ2v) is 7.01. The summed E-state index contributed by atoms with van der Waals surface area (Å²) in [5.41, 5.74) is 0.236. The SMILES string of the molecule is COC(=O)CN(c1ccccc1OC)S(=O)(=O)c1ccc(Cl)cc1. The molecule has 0 N–H and O–H groups in total. The van der Waals surface area contributed by atoms with Crippen molar-refractivity contribution >= 4 is 33.3 Å². The Balaban J connectivity index is 2.57. The van der Waals surface area contributed by atoms with Gasteiger partial charge in [0.05, 0.1) is 24.8 Å². The molecule has 24 heavy (non-hydrogen) atoms. The van der Waals surface area contributed by atoms with Crippen LogP contribution in [0.2, 0.25) is 5.02 Å². The fourth-order valence-corrected chi connectivity index (χ4v) is 3.60. The minimum absolute atomic E-state index is 0.00158. The molecule has 0 heterocycles. The average molecular weight is 370 g/mol. The molecular formula is C16H16ClNO5S. The molecule has 2 rings (SSSR count). The van der Waals surface area contributed by atoms with E-state index in [1.54, 1.807) is 24.3 Å². The molecule has 0 saturated heterocycles. The lowest BCUT2D eigenvalue weighted by Gasteiger charge is -2.25. The largest absolute Gasteiger partial charge is 0.495 e. The van der Waals surface area contributed by atoms with Crippen LogP contribution in [0, 0.1) is 0 Å². The van der Waals surface area contributed by atoms with Crippen molar-refractivity contribution in [2.24, 2.45) is 0 Å². The Bertz CT molecular complexity index is 821. The third kappa shape index (κ3) is 3.80. The fraction of sp³-hybridized carbons (Fsp3) is 0.188. The molecule has 0 atom stereocenters. The number of carbonyl (C=O) groups is 1. The van der Waals surface area contributed by atoms with Crippen LogP contribution < -0.4 is 9.04 Å². The zero-order valence-corrected chi connectivity index (χ0v) is 14.7. The number of rotatable bonds is 6. The Morgan fingerprint density at radius 1 is 1.08 bits per heavy atom. The number of methoxy groups -OCH3 is 2. The molecule has 128 valence electrons. The van der Waals surface area contributed by atoms with Crippen molar-refractivity contribution in [2.45, 2.75) is 4.90 Å². The number of para-hydroxylation sites is 2. The molecular weight excluding hydrogens is 354 g/mol. The van der Waals surface area contributed by atoms with E-state index < -0.39 is 22.5 Å². The first kappa shape index (κ1) is 18.1. The second-order valence-electron chi connectivity index (χ2n) is 4.71. The number of nitrogens with zero attached hydrogens (tertiary/aromatic N) is 1. The minimum atomic E-state index is -4.01. The third-order valence-electron chi connectivity index (χ3n) is 3.26. The van der Waals surface area contributed by atoms with Gasteiger partial charge in [-0.3, -0.25) is 9.10 Å². The number of carbonyl (C=O) groups excluding carboxylic acids is 1. The van der Waals surface area contributed by atoms with Crippen molar-refractivity contribution in [3.63, 3.8) is 0 Å². The van der Waals surface area contributed by atoms with E-state index in [1.807, 2.05) is 0 Å². The van der Waals surface area contributed by atoms with Gasteiger partial charge in [0.2, 0.25) is 0 Å². The fourth-order valence-electron chi connectivity index (χ4n) is 2.05. The van der Waals surface area contributed by atoms with E-state index in [0.29, 0.717) is 10.8 Å². The van der Waals surface area contributed by atoms with E-state index in [2.05, 4.69) is 4.74 Å². The van der Waals surface area contributed by atoms with Crippen molar-refractivity contribution in [3.8, 4) is 5.75 Å². The standard InChI is InChI=1S/C16H16ClNO5S/c1-22-15-6-4-3-5-14(15)18(11-16(19)23-2)24(20,21)13-9-7-12(17)8-10-13/h3-10H,11H2,1-2H3. The zero-order valence-electron chi connectivity index (χ0n) is 13.1. The summed E-state index contributed by atoms with van der Waals surface area (Å²) in [4.78, 5) is 11.7. The van der Waals surface area contributed by atoms with E-state index >= 15 is 0 Å². The molecule has 0 spiro atoms. The molecule has 2 aromatic rings. The number of ether oxygens (including phenoxy) is 2. The number of halogens is 1. The van der Waals surface area contributed by atoms with Gasteiger partial charge in [0, 0.05) is 5.02 Å². The molecule has 0 aliphatic heterocycles. The molecule has 0 aliphatic rings. The van der Waals surface area contributed by atoms with Gasteiger partial charge in [-0.05, 0) is 36.4 Å². The average Bonchev–Trinajstić information content (AvgIpc) is 2.59. The summed E-state index contributed by atoms with van der Waals surface area (Å²) in [5, 5.41) is 0.408. The van der Waals surface area contributed by atoms with Gasteiger partial charge in [-0.1, -0.05) is 23.7 Å². The number of esters is 1. The summed E-state index contributed by atoms with van der Waals surface area (Å²) >= 11 is 5.81. The van der Waals surface area contributed by atoms with Gasteiger partial charge in [-0.15, -0.1) is 0 Å². The molecule has 0 saturated carbocycles. The Morgan fingerprint density at radius 3 is 2.29 bits per heavy atom. The summed E-state index contributed by atoms with van der Waals surface area (Å²) in [7, 11) is -1.40. The number of hydrogen-bond acceptors (Lipinski definition) is 5. The molecule has 0 aliphatic carbocycles. The van der Waals surface area contributed by atoms with Crippen LogP contribution in [0.3, 0.4) is 0 Å². The summed E-state index contributed by atoms with van der Waals surface area (Å²) in [6.45, 7) is -0.484. The molecule has 2 aromatic carbocycles. The molecule has 6 nitrogen and oxygen atoms in total. The smallest absolute Gasteiger partial charge is 0.326 e. The first-order valence-corrected chi connectivity index (χ1v) is 8.70. The Kier molecular flexibility index (Phi) is 5.69. The number of anilines is 1. The van der Waals surface area contributed by atoms with Gasteiger partial charge < -0.3 is 9.47 Å². The van der Waals surface area contributed by atoms with E-state index in [9.17, 15) is 13.2 Å². The first-order chi connectivity index (χ1) is 11.4. The lowest BCUT2D eigenvalue weighted by atomic mass is 10.3. The maximum atomic E-state index is 13.0. The highest BCUT2D eigenvalue weighted by Crippen LogP contribution is 2.32. The van der Waals surface area contributed by atoms with Gasteiger partial charge in [-0.25, -0.2) is 8.42 Å². The normalized spacial score (nSPS) is 11.0. The number of hydrogen-bond donors (Lipinski definition) is 0.